The van der Waals surface area contributed by atoms with E-state index in [1.807, 2.05) is 0 Å². The number of aromatic amines is 1. The molecule has 2 N–H and O–H groups in total. The number of nitrogens with zero attached hydrogens (tertiary/aromatic N) is 1. The molecule has 1 aromatic heterocycles. The molecule has 0 radical (unpaired) electrons. The second kappa shape index (κ2) is 6.27. The van der Waals surface area contributed by atoms with E-state index in [9.17, 15) is 13.2 Å². The highest BCUT2D eigenvalue weighted by molar-refractivity contribution is 9.10. The van der Waals surface area contributed by atoms with Crippen molar-refractivity contribution in [1.82, 2.24) is 10.2 Å². The number of aromatic nitrogens is 2. The minimum atomic E-state index is -3.73. The van der Waals surface area contributed by atoms with Crippen LogP contribution < -0.4 is 4.72 Å². The fraction of sp³-hybridized carbons (Fsp3) is 0.167. The van der Waals surface area contributed by atoms with Gasteiger partial charge in [-0.25, -0.2) is 13.2 Å². The second-order valence-corrected chi connectivity index (χ2v) is 6.49. The Labute approximate surface area is 129 Å². The summed E-state index contributed by atoms with van der Waals surface area (Å²) in [7, 11) is -3.73. The number of anilines is 1. The number of carbonyl (C=O) groups is 1. The lowest BCUT2D eigenvalue weighted by molar-refractivity contribution is 0.0526. The molecule has 7 nitrogen and oxygen atoms in total. The summed E-state index contributed by atoms with van der Waals surface area (Å²) < 4.78 is 31.8. The van der Waals surface area contributed by atoms with Gasteiger partial charge < -0.3 is 4.74 Å². The summed E-state index contributed by atoms with van der Waals surface area (Å²) >= 11 is 3.22. The SMILES string of the molecule is CCOC(=O)c1ccc(NS(=O)(=O)c2cn[nH]c2)c(Br)c1. The average molecular weight is 374 g/mol. The number of hydrogen-bond acceptors (Lipinski definition) is 5. The molecule has 112 valence electrons. The fourth-order valence-corrected chi connectivity index (χ4v) is 3.12. The molecule has 0 amide bonds. The van der Waals surface area contributed by atoms with Crippen molar-refractivity contribution in [2.75, 3.05) is 11.3 Å². The van der Waals surface area contributed by atoms with Gasteiger partial charge in [-0.15, -0.1) is 0 Å². The number of sulfonamides is 1. The third kappa shape index (κ3) is 3.61. The summed E-state index contributed by atoms with van der Waals surface area (Å²) in [6, 6.07) is 4.45. The summed E-state index contributed by atoms with van der Waals surface area (Å²) in [6.45, 7) is 1.98. The molecule has 2 aromatic rings. The molecule has 9 heteroatoms. The van der Waals surface area contributed by atoms with Gasteiger partial charge in [-0.2, -0.15) is 5.10 Å². The Kier molecular flexibility index (Phi) is 4.63. The van der Waals surface area contributed by atoms with Crippen molar-refractivity contribution in [1.29, 1.82) is 0 Å². The number of hydrogen-bond donors (Lipinski definition) is 2. The lowest BCUT2D eigenvalue weighted by atomic mass is 10.2. The van der Waals surface area contributed by atoms with Gasteiger partial charge in [0.1, 0.15) is 4.90 Å². The standard InChI is InChI=1S/C12H12BrN3O4S/c1-2-20-12(17)8-3-4-11(10(13)5-8)16-21(18,19)9-6-14-15-7-9/h3-7,16H,2H2,1H3,(H,14,15). The van der Waals surface area contributed by atoms with Gasteiger partial charge >= 0.3 is 5.97 Å². The van der Waals surface area contributed by atoms with Gasteiger partial charge in [0.15, 0.2) is 0 Å². The van der Waals surface area contributed by atoms with Crippen LogP contribution in [0.2, 0.25) is 0 Å². The Morgan fingerprint density at radius 1 is 1.48 bits per heavy atom. The first kappa shape index (κ1) is 15.5. The number of H-pyrrole nitrogens is 1. The van der Waals surface area contributed by atoms with Gasteiger partial charge in [0.2, 0.25) is 0 Å². The van der Waals surface area contributed by atoms with Crippen LogP contribution in [0.1, 0.15) is 17.3 Å². The lowest BCUT2D eigenvalue weighted by Crippen LogP contribution is -2.13. The first-order valence-electron chi connectivity index (χ1n) is 5.92. The van der Waals surface area contributed by atoms with Crippen LogP contribution in [0.5, 0.6) is 0 Å². The van der Waals surface area contributed by atoms with Crippen molar-refractivity contribution in [3.05, 3.63) is 40.6 Å². The summed E-state index contributed by atoms with van der Waals surface area (Å²) in [6.07, 6.45) is 2.46. The number of ether oxygens (including phenoxy) is 1. The highest BCUT2D eigenvalue weighted by Crippen LogP contribution is 2.26. The molecular weight excluding hydrogens is 362 g/mol. The summed E-state index contributed by atoms with van der Waals surface area (Å²) in [5.74, 6) is -0.470. The van der Waals surface area contributed by atoms with Gasteiger partial charge in [0, 0.05) is 10.7 Å². The molecular formula is C12H12BrN3O4S. The van der Waals surface area contributed by atoms with Gasteiger partial charge in [-0.3, -0.25) is 9.82 Å². The molecule has 0 spiro atoms. The van der Waals surface area contributed by atoms with Gasteiger partial charge in [-0.05, 0) is 41.1 Å². The monoisotopic (exact) mass is 373 g/mol. The van der Waals surface area contributed by atoms with Crippen LogP contribution in [0.4, 0.5) is 5.69 Å². The molecule has 0 aliphatic carbocycles. The highest BCUT2D eigenvalue weighted by atomic mass is 79.9. The predicted octanol–water partition coefficient (Wildman–Crippen LogP) is 2.15. The largest absolute Gasteiger partial charge is 0.462 e. The first-order chi connectivity index (χ1) is 9.94. The van der Waals surface area contributed by atoms with Crippen LogP contribution in [-0.4, -0.2) is 31.2 Å². The Hall–Kier alpha value is -1.87. The molecule has 0 saturated carbocycles. The average Bonchev–Trinajstić information content (AvgIpc) is 2.96. The second-order valence-electron chi connectivity index (χ2n) is 3.95. The zero-order valence-corrected chi connectivity index (χ0v) is 13.4. The zero-order chi connectivity index (χ0) is 15.5. The molecule has 1 aromatic carbocycles. The number of benzene rings is 1. The third-order valence-electron chi connectivity index (χ3n) is 2.51. The number of halogens is 1. The van der Waals surface area contributed by atoms with E-state index in [2.05, 4.69) is 30.8 Å². The minimum Gasteiger partial charge on any atom is -0.462 e. The molecule has 0 unspecified atom stereocenters. The predicted molar refractivity (Wildman–Crippen MR) is 79.5 cm³/mol. The van der Waals surface area contributed by atoms with Crippen molar-refractivity contribution in [2.24, 2.45) is 0 Å². The lowest BCUT2D eigenvalue weighted by Gasteiger charge is -2.09. The molecule has 0 atom stereocenters. The smallest absolute Gasteiger partial charge is 0.338 e. The normalized spacial score (nSPS) is 11.1. The van der Waals surface area contributed by atoms with Gasteiger partial charge in [-0.1, -0.05) is 0 Å². The zero-order valence-electron chi connectivity index (χ0n) is 11.0. The summed E-state index contributed by atoms with van der Waals surface area (Å²) in [5, 5.41) is 6.03. The van der Waals surface area contributed by atoms with Crippen LogP contribution in [0.15, 0.2) is 40.0 Å². The van der Waals surface area contributed by atoms with Crippen LogP contribution in [0.25, 0.3) is 0 Å². The topological polar surface area (TPSA) is 101 Å². The highest BCUT2D eigenvalue weighted by Gasteiger charge is 2.17. The van der Waals surface area contributed by atoms with Crippen molar-refractivity contribution in [2.45, 2.75) is 11.8 Å². The quantitative estimate of drug-likeness (QED) is 0.781. The van der Waals surface area contributed by atoms with Gasteiger partial charge in [0.25, 0.3) is 10.0 Å². The van der Waals surface area contributed by atoms with E-state index in [1.54, 1.807) is 6.92 Å². The molecule has 2 rings (SSSR count). The molecule has 0 aliphatic rings. The van der Waals surface area contributed by atoms with Gasteiger partial charge in [0.05, 0.1) is 24.1 Å². The maximum atomic E-state index is 12.1. The number of rotatable bonds is 5. The molecule has 0 aliphatic heterocycles. The Bertz CT molecular complexity index is 744. The first-order valence-corrected chi connectivity index (χ1v) is 8.20. The van der Waals surface area contributed by atoms with E-state index in [0.29, 0.717) is 15.7 Å². The maximum Gasteiger partial charge on any atom is 0.338 e. The molecule has 21 heavy (non-hydrogen) atoms. The fourth-order valence-electron chi connectivity index (χ4n) is 1.53. The van der Waals surface area contributed by atoms with Crippen LogP contribution in [0.3, 0.4) is 0 Å². The molecule has 0 bridgehead atoms. The van der Waals surface area contributed by atoms with E-state index in [1.165, 1.54) is 30.6 Å². The number of carbonyl (C=O) groups excluding carboxylic acids is 1. The van der Waals surface area contributed by atoms with Crippen molar-refractivity contribution < 1.29 is 17.9 Å². The van der Waals surface area contributed by atoms with E-state index in [-0.39, 0.29) is 11.5 Å². The van der Waals surface area contributed by atoms with E-state index >= 15 is 0 Å². The number of nitrogens with one attached hydrogen (secondary N) is 2. The number of esters is 1. The summed E-state index contributed by atoms with van der Waals surface area (Å²) in [5.41, 5.74) is 0.638. The summed E-state index contributed by atoms with van der Waals surface area (Å²) in [4.78, 5) is 11.6. The van der Waals surface area contributed by atoms with Crippen molar-refractivity contribution in [3.63, 3.8) is 0 Å². The molecule has 1 heterocycles. The van der Waals surface area contributed by atoms with E-state index in [0.717, 1.165) is 0 Å². The Morgan fingerprint density at radius 3 is 2.81 bits per heavy atom. The van der Waals surface area contributed by atoms with Crippen molar-refractivity contribution >= 4 is 37.6 Å². The van der Waals surface area contributed by atoms with E-state index < -0.39 is 16.0 Å². The Morgan fingerprint density at radius 2 is 2.24 bits per heavy atom. The van der Waals surface area contributed by atoms with Crippen LogP contribution in [-0.2, 0) is 14.8 Å². The third-order valence-corrected chi connectivity index (χ3v) is 4.50. The molecule has 0 saturated heterocycles. The van der Waals surface area contributed by atoms with E-state index in [4.69, 9.17) is 4.74 Å². The van der Waals surface area contributed by atoms with Crippen molar-refractivity contribution in [3.8, 4) is 0 Å². The Balaban J connectivity index is 2.24. The van der Waals surface area contributed by atoms with Crippen LogP contribution in [0, 0.1) is 0 Å². The molecule has 0 fully saturated rings. The maximum absolute atomic E-state index is 12.1. The van der Waals surface area contributed by atoms with Crippen LogP contribution >= 0.6 is 15.9 Å². The minimum absolute atomic E-state index is 0.0175.